The molecule has 7 aromatic carbocycles. The van der Waals surface area contributed by atoms with Gasteiger partial charge in [0.05, 0.1) is 0 Å². The van der Waals surface area contributed by atoms with Gasteiger partial charge in [-0.2, -0.15) is 0 Å². The van der Waals surface area contributed by atoms with Gasteiger partial charge in [-0.25, -0.2) is 4.98 Å². The van der Waals surface area contributed by atoms with E-state index >= 15 is 0 Å². The van der Waals surface area contributed by atoms with Gasteiger partial charge in [0.1, 0.15) is 5.82 Å². The number of anilines is 2. The quantitative estimate of drug-likeness (QED) is 0.114. The molecule has 6 heteroatoms. The van der Waals surface area contributed by atoms with Crippen LogP contribution in [0.1, 0.15) is 174 Å². The van der Waals surface area contributed by atoms with E-state index in [9.17, 15) is 0 Å². The van der Waals surface area contributed by atoms with Crippen molar-refractivity contribution >= 4 is 33.2 Å². The molecule has 9 aromatic rings. The van der Waals surface area contributed by atoms with Gasteiger partial charge in [0.15, 0.2) is 0 Å². The summed E-state index contributed by atoms with van der Waals surface area (Å²) in [5.74, 6) is 2.61. The zero-order valence-corrected chi connectivity index (χ0v) is 52.6. The summed E-state index contributed by atoms with van der Waals surface area (Å²) < 4.78 is 9.73. The molecule has 80 heavy (non-hydrogen) atoms. The number of allylic oxidation sites excluding steroid dienone is 1. The third kappa shape index (κ3) is 11.1. The molecule has 5 nitrogen and oxygen atoms in total. The summed E-state index contributed by atoms with van der Waals surface area (Å²) in [4.78, 5) is 9.75. The van der Waals surface area contributed by atoms with Crippen LogP contribution in [-0.2, 0) is 42.7 Å². The molecule has 416 valence electrons. The SMILES string of the molecule is CC(C)c1cccc(C(C)C)c1-c1cc(Oc2[c-]c3c(c(C(C)(C)c4ccccc4)c2)c2ccccc2n3-c2cc(C(C)(C)C)ccn2)[c-]c(N2[CH-]N(c3cc(C(C)(C)C)cc(C(C)(C)c4ccccc4)c3)C=C2C(C)(C)C)c1.[Pt]. The van der Waals surface area contributed by atoms with Gasteiger partial charge >= 0.3 is 0 Å². The molecule has 1 aliphatic heterocycles. The molecule has 2 aromatic heterocycles. The summed E-state index contributed by atoms with van der Waals surface area (Å²) in [6, 6.07) is 63.4. The number of ether oxygens (including phenoxy) is 1. The molecule has 1 aliphatic rings. The van der Waals surface area contributed by atoms with Crippen LogP contribution in [0.4, 0.5) is 11.4 Å². The molecule has 3 heterocycles. The van der Waals surface area contributed by atoms with E-state index in [4.69, 9.17) is 9.72 Å². The first kappa shape index (κ1) is 58.0. The number of aromatic nitrogens is 2. The Morgan fingerprint density at radius 1 is 0.525 bits per heavy atom. The van der Waals surface area contributed by atoms with E-state index in [1.165, 1.54) is 44.5 Å². The second-order valence-corrected chi connectivity index (χ2v) is 26.8. The summed E-state index contributed by atoms with van der Waals surface area (Å²) in [7, 11) is 0. The maximum absolute atomic E-state index is 7.45. The topological polar surface area (TPSA) is 33.5 Å². The normalized spacial score (nSPS) is 13.7. The summed E-state index contributed by atoms with van der Waals surface area (Å²) >= 11 is 0. The third-order valence-corrected chi connectivity index (χ3v) is 16.5. The van der Waals surface area contributed by atoms with Crippen LogP contribution in [-0.4, -0.2) is 9.55 Å². The first-order valence-corrected chi connectivity index (χ1v) is 28.5. The Balaban J connectivity index is 0.00000774. The Kier molecular flexibility index (Phi) is 15.7. The number of para-hydroxylation sites is 1. The average Bonchev–Trinajstić information content (AvgIpc) is 4.08. The molecule has 0 radical (unpaired) electrons. The van der Waals surface area contributed by atoms with Crippen LogP contribution in [0.15, 0.2) is 170 Å². The predicted octanol–water partition coefficient (Wildman–Crippen LogP) is 20.1. The van der Waals surface area contributed by atoms with Crippen LogP contribution in [0.2, 0.25) is 0 Å². The Hall–Kier alpha value is -6.68. The van der Waals surface area contributed by atoms with E-state index < -0.39 is 5.41 Å². The van der Waals surface area contributed by atoms with Crippen molar-refractivity contribution in [2.45, 2.75) is 151 Å². The fourth-order valence-electron chi connectivity index (χ4n) is 11.5. The number of fused-ring (bicyclic) bond motifs is 3. The first-order chi connectivity index (χ1) is 37.2. The number of rotatable bonds is 12. The fourth-order valence-corrected chi connectivity index (χ4v) is 11.5. The van der Waals surface area contributed by atoms with E-state index in [0.717, 1.165) is 55.8 Å². The predicted molar refractivity (Wildman–Crippen MR) is 334 cm³/mol. The number of hydrogen-bond acceptors (Lipinski definition) is 4. The Morgan fingerprint density at radius 3 is 1.70 bits per heavy atom. The maximum atomic E-state index is 7.45. The Labute approximate surface area is 493 Å². The summed E-state index contributed by atoms with van der Waals surface area (Å²) in [6.07, 6.45) is 4.27. The van der Waals surface area contributed by atoms with E-state index in [2.05, 4.69) is 309 Å². The van der Waals surface area contributed by atoms with E-state index in [1.54, 1.807) is 0 Å². The molecule has 0 fully saturated rings. The molecule has 0 amide bonds. The van der Waals surface area contributed by atoms with Crippen molar-refractivity contribution in [1.29, 1.82) is 0 Å². The molecule has 10 rings (SSSR count). The zero-order chi connectivity index (χ0) is 56.6. The van der Waals surface area contributed by atoms with Gasteiger partial charge in [-0.05, 0) is 115 Å². The molecule has 0 saturated heterocycles. The monoisotopic (exact) mass is 1240 g/mol. The van der Waals surface area contributed by atoms with Gasteiger partial charge < -0.3 is 19.1 Å². The maximum Gasteiger partial charge on any atom is 0.135 e. The van der Waals surface area contributed by atoms with Crippen molar-refractivity contribution in [3.63, 3.8) is 0 Å². The average molecular weight is 1240 g/mol. The summed E-state index contributed by atoms with van der Waals surface area (Å²) in [5.41, 5.74) is 16.4. The Morgan fingerprint density at radius 2 is 1.10 bits per heavy atom. The molecule has 0 aliphatic carbocycles. The van der Waals surface area contributed by atoms with Crippen molar-refractivity contribution in [3.05, 3.63) is 233 Å². The van der Waals surface area contributed by atoms with Gasteiger partial charge in [0.2, 0.25) is 0 Å². The largest absolute Gasteiger partial charge is 0.509 e. The van der Waals surface area contributed by atoms with E-state index in [-0.39, 0.29) is 54.6 Å². The summed E-state index contributed by atoms with van der Waals surface area (Å²) in [5, 5.41) is 2.27. The van der Waals surface area contributed by atoms with Gasteiger partial charge in [0, 0.05) is 66.5 Å². The number of hydrogen-bond donors (Lipinski definition) is 0. The molecule has 0 spiro atoms. The van der Waals surface area contributed by atoms with E-state index in [1.807, 2.05) is 6.20 Å². The van der Waals surface area contributed by atoms with E-state index in [0.29, 0.717) is 11.5 Å². The van der Waals surface area contributed by atoms with Gasteiger partial charge in [-0.15, -0.1) is 53.8 Å². The smallest absolute Gasteiger partial charge is 0.135 e. The molecular formula is C74H81N4OPt-3. The minimum absolute atomic E-state index is 0. The van der Waals surface area contributed by atoms with Gasteiger partial charge in [-0.1, -0.05) is 232 Å². The molecule has 0 saturated carbocycles. The summed E-state index contributed by atoms with van der Waals surface area (Å²) in [6.45, 7) is 41.4. The Bertz CT molecular complexity index is 3720. The van der Waals surface area contributed by atoms with Crippen molar-refractivity contribution in [3.8, 4) is 28.4 Å². The van der Waals surface area contributed by atoms with Crippen molar-refractivity contribution in [2.24, 2.45) is 5.41 Å². The van der Waals surface area contributed by atoms with Crippen LogP contribution < -0.4 is 14.5 Å². The second kappa shape index (κ2) is 21.7. The van der Waals surface area contributed by atoms with Crippen molar-refractivity contribution < 1.29 is 25.8 Å². The second-order valence-electron chi connectivity index (χ2n) is 26.8. The number of pyridine rings is 1. The van der Waals surface area contributed by atoms with Crippen LogP contribution >= 0.6 is 0 Å². The van der Waals surface area contributed by atoms with Crippen LogP contribution in [0.25, 0.3) is 38.8 Å². The van der Waals surface area contributed by atoms with Crippen LogP contribution in [0.3, 0.4) is 0 Å². The molecule has 0 N–H and O–H groups in total. The molecule has 0 bridgehead atoms. The van der Waals surface area contributed by atoms with Crippen LogP contribution in [0.5, 0.6) is 11.5 Å². The fraction of sp³-hybridized carbons (Fsp3) is 0.324. The molecular weight excluding hydrogens is 1160 g/mol. The molecule has 0 atom stereocenters. The number of nitrogens with zero attached hydrogens (tertiary/aromatic N) is 4. The third-order valence-electron chi connectivity index (χ3n) is 16.5. The van der Waals surface area contributed by atoms with Crippen molar-refractivity contribution in [1.82, 2.24) is 9.55 Å². The molecule has 0 unspecified atom stereocenters. The van der Waals surface area contributed by atoms with Gasteiger partial charge in [0.25, 0.3) is 0 Å². The minimum atomic E-state index is -0.442. The van der Waals surface area contributed by atoms with Crippen molar-refractivity contribution in [2.75, 3.05) is 9.80 Å². The van der Waals surface area contributed by atoms with Crippen LogP contribution in [0, 0.1) is 24.2 Å². The van der Waals surface area contributed by atoms with Gasteiger partial charge in [-0.3, -0.25) is 0 Å². The number of benzene rings is 7. The zero-order valence-electron chi connectivity index (χ0n) is 50.3. The standard InChI is InChI=1S/C74H81N4O.Pt/c1-48(2)60-32-26-33-61(49(3)4)68(60)50-37-57(77-47-76(46-66(77)72(11,12)13)56-40-54(71(8,9)10)39-55(41-56)73(14,15)51-27-20-18-21-28-51)43-58(38-50)79-59-44-63(74(16,17)52-29-22-19-23-30-52)69-62-31-24-25-34-64(62)78(65(69)45-59)67-42-53(35-36-75-67)70(5,6)7;/h18-42,44,46-49H,1-17H3;/q-3;. The minimum Gasteiger partial charge on any atom is -0.509 e. The first-order valence-electron chi connectivity index (χ1n) is 28.5.